The van der Waals surface area contributed by atoms with E-state index in [1.54, 1.807) is 18.0 Å². The molecule has 3 rings (SSSR count). The predicted molar refractivity (Wildman–Crippen MR) is 92.7 cm³/mol. The maximum atomic E-state index is 11.9. The molecule has 1 aliphatic heterocycles. The van der Waals surface area contributed by atoms with E-state index in [4.69, 9.17) is 4.74 Å². The number of carbonyl (C=O) groups is 1. The van der Waals surface area contributed by atoms with Crippen LogP contribution < -0.4 is 20.2 Å². The molecule has 0 radical (unpaired) electrons. The summed E-state index contributed by atoms with van der Waals surface area (Å²) in [6.07, 6.45) is 3.65. The fourth-order valence-corrected chi connectivity index (χ4v) is 3.01. The van der Waals surface area contributed by atoms with Crippen molar-refractivity contribution in [2.24, 2.45) is 0 Å². The third kappa shape index (κ3) is 2.48. The smallest absolute Gasteiger partial charge is 0.250 e. The van der Waals surface area contributed by atoms with E-state index in [1.165, 1.54) is 6.08 Å². The monoisotopic (exact) mass is 319 g/mol. The van der Waals surface area contributed by atoms with E-state index in [0.717, 1.165) is 11.3 Å². The molecule has 5 heteroatoms. The SMILES string of the molecule is C=CC(=O)N1CCc2c(OC(C)=c3c(C#N)c[nH]c3=C)cccc21. The first kappa shape index (κ1) is 15.6. The number of H-pyrrole nitrogens is 1. The number of nitrogens with one attached hydrogen (secondary N) is 1. The zero-order valence-corrected chi connectivity index (χ0v) is 13.4. The number of carbonyl (C=O) groups excluding carboxylic acids is 1. The number of nitriles is 1. The van der Waals surface area contributed by atoms with Gasteiger partial charge >= 0.3 is 0 Å². The van der Waals surface area contributed by atoms with Crippen molar-refractivity contribution in [1.29, 1.82) is 5.26 Å². The molecule has 1 aliphatic rings. The number of fused-ring (bicyclic) bond motifs is 1. The van der Waals surface area contributed by atoms with Gasteiger partial charge in [-0.3, -0.25) is 4.79 Å². The number of anilines is 1. The van der Waals surface area contributed by atoms with E-state index >= 15 is 0 Å². The Kier molecular flexibility index (Phi) is 3.97. The first-order valence-corrected chi connectivity index (χ1v) is 7.57. The highest BCUT2D eigenvalue weighted by molar-refractivity contribution is 6.02. The maximum Gasteiger partial charge on any atom is 0.250 e. The lowest BCUT2D eigenvalue weighted by Crippen LogP contribution is -2.27. The van der Waals surface area contributed by atoms with Crippen molar-refractivity contribution < 1.29 is 9.53 Å². The lowest BCUT2D eigenvalue weighted by molar-refractivity contribution is -0.114. The summed E-state index contributed by atoms with van der Waals surface area (Å²) < 4.78 is 6.03. The van der Waals surface area contributed by atoms with Crippen LogP contribution >= 0.6 is 0 Å². The number of hydrogen-bond donors (Lipinski definition) is 1. The fraction of sp³-hybridized carbons (Fsp3) is 0.158. The first-order chi connectivity index (χ1) is 11.6. The maximum absolute atomic E-state index is 11.9. The summed E-state index contributed by atoms with van der Waals surface area (Å²) in [6.45, 7) is 9.85. The second-order valence-electron chi connectivity index (χ2n) is 5.52. The Bertz CT molecular complexity index is 979. The second kappa shape index (κ2) is 6.09. The summed E-state index contributed by atoms with van der Waals surface area (Å²) >= 11 is 0. The lowest BCUT2D eigenvalue weighted by Gasteiger charge is -2.16. The van der Waals surface area contributed by atoms with Crippen LogP contribution in [-0.4, -0.2) is 17.4 Å². The van der Waals surface area contributed by atoms with Crippen molar-refractivity contribution in [3.05, 3.63) is 58.7 Å². The van der Waals surface area contributed by atoms with E-state index in [-0.39, 0.29) is 5.91 Å². The van der Waals surface area contributed by atoms with Crippen molar-refractivity contribution in [1.82, 2.24) is 4.98 Å². The van der Waals surface area contributed by atoms with Crippen LogP contribution in [0.1, 0.15) is 18.1 Å². The second-order valence-corrected chi connectivity index (χ2v) is 5.52. The van der Waals surface area contributed by atoms with Gasteiger partial charge in [-0.05, 0) is 31.6 Å². The molecule has 5 nitrogen and oxygen atoms in total. The fourth-order valence-electron chi connectivity index (χ4n) is 3.01. The van der Waals surface area contributed by atoms with Crippen molar-refractivity contribution in [3.8, 4) is 11.8 Å². The number of benzene rings is 1. The summed E-state index contributed by atoms with van der Waals surface area (Å²) in [5.41, 5.74) is 2.31. The van der Waals surface area contributed by atoms with Crippen LogP contribution in [-0.2, 0) is 11.2 Å². The van der Waals surface area contributed by atoms with Gasteiger partial charge in [-0.25, -0.2) is 0 Å². The van der Waals surface area contributed by atoms with Crippen molar-refractivity contribution in [2.75, 3.05) is 11.4 Å². The molecular formula is C19H17N3O2. The number of amides is 1. The number of aromatic nitrogens is 1. The van der Waals surface area contributed by atoms with Gasteiger partial charge < -0.3 is 14.6 Å². The Morgan fingerprint density at radius 2 is 2.29 bits per heavy atom. The Labute approximate surface area is 139 Å². The van der Waals surface area contributed by atoms with E-state index in [1.807, 2.05) is 18.2 Å². The minimum atomic E-state index is -0.121. The van der Waals surface area contributed by atoms with Crippen LogP contribution in [0.3, 0.4) is 0 Å². The Hall–Kier alpha value is -3.26. The zero-order valence-electron chi connectivity index (χ0n) is 13.4. The van der Waals surface area contributed by atoms with Crippen LogP contribution in [0.15, 0.2) is 37.1 Å². The van der Waals surface area contributed by atoms with Gasteiger partial charge in [0, 0.05) is 23.7 Å². The standard InChI is InChI=1S/C19H17N3O2/c1-4-18(23)22-9-8-15-16(22)6-5-7-17(15)24-13(3)19-12(2)21-11-14(19)10-20/h4-7,11,21H,1-2,8-9H2,3H3. The van der Waals surface area contributed by atoms with E-state index < -0.39 is 0 Å². The number of rotatable bonds is 3. The highest BCUT2D eigenvalue weighted by Gasteiger charge is 2.25. The molecule has 2 aromatic rings. The van der Waals surface area contributed by atoms with Gasteiger partial charge in [-0.2, -0.15) is 5.26 Å². The van der Waals surface area contributed by atoms with Gasteiger partial charge in [0.05, 0.1) is 16.5 Å². The molecule has 1 aromatic heterocycles. The van der Waals surface area contributed by atoms with Crippen molar-refractivity contribution in [2.45, 2.75) is 13.3 Å². The molecular weight excluding hydrogens is 302 g/mol. The topological polar surface area (TPSA) is 69.1 Å². The normalized spacial score (nSPS) is 13.9. The molecule has 120 valence electrons. The molecule has 24 heavy (non-hydrogen) atoms. The van der Waals surface area contributed by atoms with Gasteiger partial charge in [-0.1, -0.05) is 19.2 Å². The van der Waals surface area contributed by atoms with E-state index in [0.29, 0.717) is 40.6 Å². The molecule has 0 saturated carbocycles. The predicted octanol–water partition coefficient (Wildman–Crippen LogP) is 1.58. The molecule has 0 bridgehead atoms. The molecule has 0 aliphatic carbocycles. The average Bonchev–Trinajstić information content (AvgIpc) is 3.18. The summed E-state index contributed by atoms with van der Waals surface area (Å²) in [6, 6.07) is 7.75. The Morgan fingerprint density at radius 3 is 3.00 bits per heavy atom. The van der Waals surface area contributed by atoms with E-state index in [2.05, 4.69) is 24.2 Å². The van der Waals surface area contributed by atoms with Gasteiger partial charge in [0.1, 0.15) is 17.6 Å². The van der Waals surface area contributed by atoms with Crippen molar-refractivity contribution >= 4 is 23.9 Å². The third-order valence-electron chi connectivity index (χ3n) is 4.12. The molecule has 1 amide bonds. The molecule has 0 fully saturated rings. The zero-order chi connectivity index (χ0) is 17.3. The molecule has 0 saturated heterocycles. The molecule has 1 N–H and O–H groups in total. The van der Waals surface area contributed by atoms with Gasteiger partial charge in [0.2, 0.25) is 5.91 Å². The summed E-state index contributed by atoms with van der Waals surface area (Å²) in [5, 5.41) is 10.5. The lowest BCUT2D eigenvalue weighted by atomic mass is 10.1. The highest BCUT2D eigenvalue weighted by Crippen LogP contribution is 2.35. The highest BCUT2D eigenvalue weighted by atomic mass is 16.5. The van der Waals surface area contributed by atoms with Crippen LogP contribution in [0.25, 0.3) is 12.3 Å². The summed E-state index contributed by atoms with van der Waals surface area (Å²) in [5.74, 6) is 1.16. The molecule has 0 unspecified atom stereocenters. The first-order valence-electron chi connectivity index (χ1n) is 7.57. The number of hydrogen-bond acceptors (Lipinski definition) is 3. The number of ether oxygens (including phenoxy) is 1. The van der Waals surface area contributed by atoms with Crippen LogP contribution in [0, 0.1) is 11.3 Å². The Morgan fingerprint density at radius 1 is 1.50 bits per heavy atom. The van der Waals surface area contributed by atoms with Crippen LogP contribution in [0.2, 0.25) is 0 Å². The van der Waals surface area contributed by atoms with Gasteiger partial charge in [0.25, 0.3) is 0 Å². The summed E-state index contributed by atoms with van der Waals surface area (Å²) in [4.78, 5) is 16.6. The van der Waals surface area contributed by atoms with Crippen LogP contribution in [0.5, 0.6) is 5.75 Å². The number of nitrogens with zero attached hydrogens (tertiary/aromatic N) is 2. The van der Waals surface area contributed by atoms with Gasteiger partial charge in [-0.15, -0.1) is 0 Å². The minimum Gasteiger partial charge on any atom is -0.461 e. The van der Waals surface area contributed by atoms with Crippen LogP contribution in [0.4, 0.5) is 5.69 Å². The van der Waals surface area contributed by atoms with E-state index in [9.17, 15) is 10.1 Å². The molecule has 0 atom stereocenters. The minimum absolute atomic E-state index is 0.121. The quantitative estimate of drug-likeness (QED) is 0.873. The third-order valence-corrected chi connectivity index (χ3v) is 4.12. The molecule has 1 aromatic carbocycles. The summed E-state index contributed by atoms with van der Waals surface area (Å²) in [7, 11) is 0. The number of aromatic amines is 1. The van der Waals surface area contributed by atoms with Gasteiger partial charge in [0.15, 0.2) is 0 Å². The molecule has 2 heterocycles. The van der Waals surface area contributed by atoms with Crippen molar-refractivity contribution in [3.63, 3.8) is 0 Å². The molecule has 0 spiro atoms. The largest absolute Gasteiger partial charge is 0.461 e. The average molecular weight is 319 g/mol. The Balaban J connectivity index is 2.05.